The number of esters is 1. The van der Waals surface area contributed by atoms with Gasteiger partial charge in [-0.2, -0.15) is 0 Å². The second-order valence-electron chi connectivity index (χ2n) is 7.24. The maximum Gasteiger partial charge on any atom is 0.349 e. The number of carbonyl (C=O) groups excluding carboxylic acids is 2. The van der Waals surface area contributed by atoms with Gasteiger partial charge in [-0.05, 0) is 43.7 Å². The monoisotopic (exact) mass is 423 g/mol. The van der Waals surface area contributed by atoms with Gasteiger partial charge in [-0.3, -0.25) is 4.79 Å². The number of hydrogen-bond acceptors (Lipinski definition) is 6. The lowest BCUT2D eigenvalue weighted by Gasteiger charge is -2.33. The number of nitrogens with zero attached hydrogens (tertiary/aromatic N) is 1. The second-order valence-corrected chi connectivity index (χ2v) is 10.5. The van der Waals surface area contributed by atoms with E-state index in [0.29, 0.717) is 17.7 Å². The Labute approximate surface area is 169 Å². The van der Waals surface area contributed by atoms with Crippen molar-refractivity contribution >= 4 is 43.1 Å². The van der Waals surface area contributed by atoms with Crippen LogP contribution in [0.4, 0.5) is 0 Å². The summed E-state index contributed by atoms with van der Waals surface area (Å²) in [4.78, 5) is 27.4. The molecule has 3 rings (SSSR count). The highest BCUT2D eigenvalue weighted by atomic mass is 32.2. The molecular weight excluding hydrogens is 398 g/mol. The van der Waals surface area contributed by atoms with Crippen molar-refractivity contribution in [3.05, 3.63) is 34.7 Å². The molecule has 0 spiro atoms. The molecule has 1 aliphatic rings. The van der Waals surface area contributed by atoms with Crippen LogP contribution in [0.1, 0.15) is 41.9 Å². The fourth-order valence-corrected chi connectivity index (χ4v) is 6.45. The first-order chi connectivity index (χ1) is 13.2. The smallest absolute Gasteiger partial charge is 0.349 e. The molecule has 0 unspecified atom stereocenters. The van der Waals surface area contributed by atoms with Crippen LogP contribution >= 0.6 is 11.3 Å². The Hall–Kier alpha value is -1.93. The van der Waals surface area contributed by atoms with E-state index in [1.54, 1.807) is 4.90 Å². The molecule has 2 atom stereocenters. The Morgan fingerprint density at radius 3 is 2.64 bits per heavy atom. The minimum absolute atomic E-state index is 0.0214. The fourth-order valence-electron chi connectivity index (χ4n) is 3.64. The van der Waals surface area contributed by atoms with E-state index in [9.17, 15) is 18.0 Å². The summed E-state index contributed by atoms with van der Waals surface area (Å²) in [7, 11) is -3.11. The molecule has 2 heterocycles. The van der Waals surface area contributed by atoms with Gasteiger partial charge in [0.15, 0.2) is 16.4 Å². The minimum Gasteiger partial charge on any atom is -0.451 e. The third-order valence-corrected chi connectivity index (χ3v) is 8.31. The van der Waals surface area contributed by atoms with E-state index in [4.69, 9.17) is 4.74 Å². The third kappa shape index (κ3) is 4.22. The molecule has 0 radical (unpaired) electrons. The lowest BCUT2D eigenvalue weighted by atomic mass is 10.1. The van der Waals surface area contributed by atoms with E-state index in [0.717, 1.165) is 15.6 Å². The number of carbonyl (C=O) groups is 2. The highest BCUT2D eigenvalue weighted by Gasteiger charge is 2.36. The Bertz CT molecular complexity index is 995. The zero-order chi connectivity index (χ0) is 20.5. The van der Waals surface area contributed by atoms with Crippen LogP contribution in [0.15, 0.2) is 24.3 Å². The maximum absolute atomic E-state index is 12.8. The first kappa shape index (κ1) is 20.8. The summed E-state index contributed by atoms with van der Waals surface area (Å²) in [5.74, 6) is -0.788. The van der Waals surface area contributed by atoms with Gasteiger partial charge in [0, 0.05) is 16.8 Å². The van der Waals surface area contributed by atoms with Crippen LogP contribution in [0, 0.1) is 6.92 Å². The molecule has 28 heavy (non-hydrogen) atoms. The molecular formula is C20H25NO5S2. The summed E-state index contributed by atoms with van der Waals surface area (Å²) >= 11 is 1.35. The standard InChI is InChI=1S/C20H25NO5S2/c1-4-13(2)21(15-9-10-28(24,25)12-15)18(22)11-26-20(23)19-14(3)16-7-5-6-8-17(16)27-19/h5-8,13,15H,4,9-12H2,1-3H3/t13-,15+/m0/s1. The maximum atomic E-state index is 12.8. The number of benzene rings is 1. The van der Waals surface area contributed by atoms with Crippen molar-refractivity contribution in [2.24, 2.45) is 0 Å². The zero-order valence-electron chi connectivity index (χ0n) is 16.3. The molecule has 8 heteroatoms. The predicted molar refractivity (Wildman–Crippen MR) is 111 cm³/mol. The van der Waals surface area contributed by atoms with Crippen molar-refractivity contribution in [2.75, 3.05) is 18.1 Å². The lowest BCUT2D eigenvalue weighted by Crippen LogP contribution is -2.48. The van der Waals surface area contributed by atoms with E-state index < -0.39 is 15.8 Å². The third-order valence-electron chi connectivity index (χ3n) is 5.31. The van der Waals surface area contributed by atoms with Gasteiger partial charge in [-0.25, -0.2) is 13.2 Å². The number of fused-ring (bicyclic) bond motifs is 1. The highest BCUT2D eigenvalue weighted by Crippen LogP contribution is 2.31. The molecule has 1 amide bonds. The predicted octanol–water partition coefficient (Wildman–Crippen LogP) is 3.18. The fraction of sp³-hybridized carbons (Fsp3) is 0.500. The van der Waals surface area contributed by atoms with E-state index >= 15 is 0 Å². The van der Waals surface area contributed by atoms with Crippen LogP contribution in [-0.4, -0.2) is 55.4 Å². The van der Waals surface area contributed by atoms with E-state index in [-0.39, 0.29) is 36.1 Å². The van der Waals surface area contributed by atoms with Crippen molar-refractivity contribution in [2.45, 2.75) is 45.7 Å². The summed E-state index contributed by atoms with van der Waals surface area (Å²) in [6, 6.07) is 7.26. The Morgan fingerprint density at radius 2 is 2.04 bits per heavy atom. The van der Waals surface area contributed by atoms with Crippen molar-refractivity contribution in [3.63, 3.8) is 0 Å². The highest BCUT2D eigenvalue weighted by molar-refractivity contribution is 7.91. The molecule has 0 aliphatic carbocycles. The van der Waals surface area contributed by atoms with Gasteiger partial charge >= 0.3 is 5.97 Å². The van der Waals surface area contributed by atoms with Crippen LogP contribution in [-0.2, 0) is 19.4 Å². The topological polar surface area (TPSA) is 80.8 Å². The number of thiophene rings is 1. The molecule has 0 bridgehead atoms. The molecule has 2 aromatic rings. The zero-order valence-corrected chi connectivity index (χ0v) is 17.9. The van der Waals surface area contributed by atoms with Gasteiger partial charge < -0.3 is 9.64 Å². The van der Waals surface area contributed by atoms with Crippen LogP contribution in [0.5, 0.6) is 0 Å². The van der Waals surface area contributed by atoms with Crippen LogP contribution in [0.25, 0.3) is 10.1 Å². The summed E-state index contributed by atoms with van der Waals surface area (Å²) in [5, 5.41) is 1.00. The first-order valence-electron chi connectivity index (χ1n) is 9.40. The summed E-state index contributed by atoms with van der Waals surface area (Å²) < 4.78 is 30.0. The first-order valence-corrected chi connectivity index (χ1v) is 12.0. The number of amides is 1. The van der Waals surface area contributed by atoms with Gasteiger partial charge in [0.05, 0.1) is 11.5 Å². The lowest BCUT2D eigenvalue weighted by molar-refractivity contribution is -0.138. The van der Waals surface area contributed by atoms with Crippen LogP contribution in [0.2, 0.25) is 0 Å². The molecule has 0 saturated carbocycles. The molecule has 6 nitrogen and oxygen atoms in total. The average molecular weight is 424 g/mol. The van der Waals surface area contributed by atoms with Gasteiger partial charge in [-0.15, -0.1) is 11.3 Å². The number of aryl methyl sites for hydroxylation is 1. The second kappa shape index (κ2) is 8.21. The Morgan fingerprint density at radius 1 is 1.32 bits per heavy atom. The average Bonchev–Trinajstić information content (AvgIpc) is 3.19. The Kier molecular flexibility index (Phi) is 6.09. The molecule has 0 N–H and O–H groups in total. The SMILES string of the molecule is CC[C@H](C)N(C(=O)COC(=O)c1sc2ccccc2c1C)[C@@H]1CCS(=O)(=O)C1. The normalized spacial score (nSPS) is 19.5. The minimum atomic E-state index is -3.11. The van der Waals surface area contributed by atoms with Crippen molar-refractivity contribution in [3.8, 4) is 0 Å². The van der Waals surface area contributed by atoms with Gasteiger partial charge in [-0.1, -0.05) is 25.1 Å². The number of ether oxygens (including phenoxy) is 1. The van der Waals surface area contributed by atoms with Gasteiger partial charge in [0.2, 0.25) is 0 Å². The number of hydrogen-bond donors (Lipinski definition) is 0. The summed E-state index contributed by atoms with van der Waals surface area (Å²) in [6.45, 7) is 5.32. The summed E-state index contributed by atoms with van der Waals surface area (Å²) in [6.07, 6.45) is 1.13. The van der Waals surface area contributed by atoms with Crippen LogP contribution < -0.4 is 0 Å². The molecule has 1 aromatic carbocycles. The van der Waals surface area contributed by atoms with Crippen LogP contribution in [0.3, 0.4) is 0 Å². The molecule has 1 saturated heterocycles. The van der Waals surface area contributed by atoms with Crippen molar-refractivity contribution < 1.29 is 22.7 Å². The van der Waals surface area contributed by atoms with E-state index in [2.05, 4.69) is 0 Å². The van der Waals surface area contributed by atoms with Crippen molar-refractivity contribution in [1.82, 2.24) is 4.90 Å². The van der Waals surface area contributed by atoms with E-state index in [1.165, 1.54) is 11.3 Å². The molecule has 1 aliphatic heterocycles. The van der Waals surface area contributed by atoms with E-state index in [1.807, 2.05) is 45.0 Å². The summed E-state index contributed by atoms with van der Waals surface area (Å²) in [5.41, 5.74) is 0.846. The van der Waals surface area contributed by atoms with Crippen molar-refractivity contribution in [1.29, 1.82) is 0 Å². The molecule has 1 aromatic heterocycles. The quantitative estimate of drug-likeness (QED) is 0.667. The molecule has 152 valence electrons. The number of rotatable bonds is 6. The van der Waals surface area contributed by atoms with Gasteiger partial charge in [0.25, 0.3) is 5.91 Å². The largest absolute Gasteiger partial charge is 0.451 e. The number of sulfone groups is 1. The Balaban J connectivity index is 1.71. The van der Waals surface area contributed by atoms with Gasteiger partial charge in [0.1, 0.15) is 4.88 Å². The molecule has 1 fully saturated rings.